The molecule has 0 saturated carbocycles. The van der Waals surface area contributed by atoms with Crippen molar-refractivity contribution >= 4 is 15.9 Å². The van der Waals surface area contributed by atoms with Crippen LogP contribution in [-0.2, 0) is 16.4 Å². The normalized spacial score (nSPS) is 20.7. The summed E-state index contributed by atoms with van der Waals surface area (Å²) in [5.74, 6) is -0.128. The second kappa shape index (κ2) is 5.18. The molecule has 0 aromatic heterocycles. The van der Waals surface area contributed by atoms with E-state index in [4.69, 9.17) is 0 Å². The third-order valence-corrected chi connectivity index (χ3v) is 6.45. The van der Waals surface area contributed by atoms with E-state index in [1.165, 1.54) is 4.31 Å². The minimum absolute atomic E-state index is 0.128. The molecule has 1 amide bonds. The number of benzene rings is 2. The summed E-state index contributed by atoms with van der Waals surface area (Å²) in [4.78, 5) is 12.4. The van der Waals surface area contributed by atoms with Gasteiger partial charge in [0.25, 0.3) is 5.91 Å². The molecule has 0 fully saturated rings. The lowest BCUT2D eigenvalue weighted by atomic mass is 9.87. The van der Waals surface area contributed by atoms with Crippen LogP contribution in [0.25, 0.3) is 0 Å². The second-order valence-corrected chi connectivity index (χ2v) is 7.67. The molecule has 5 nitrogen and oxygen atoms in total. The number of carbonyl (C=O) groups excluding carboxylic acids is 1. The van der Waals surface area contributed by atoms with Gasteiger partial charge in [0.05, 0.1) is 10.9 Å². The summed E-state index contributed by atoms with van der Waals surface area (Å²) < 4.78 is 27.5. The van der Waals surface area contributed by atoms with Crippen LogP contribution >= 0.6 is 0 Å². The Balaban J connectivity index is 1.83. The van der Waals surface area contributed by atoms with E-state index in [0.29, 0.717) is 25.1 Å². The molecule has 0 radical (unpaired) electrons. The van der Waals surface area contributed by atoms with Crippen molar-refractivity contribution in [2.45, 2.75) is 17.4 Å². The minimum atomic E-state index is -3.58. The van der Waals surface area contributed by atoms with Crippen LogP contribution in [0.1, 0.15) is 27.5 Å². The zero-order valence-corrected chi connectivity index (χ0v) is 13.2. The van der Waals surface area contributed by atoms with Crippen LogP contribution in [0.2, 0.25) is 0 Å². The molecule has 2 aliphatic heterocycles. The Kier molecular flexibility index (Phi) is 3.25. The molecule has 0 aliphatic carbocycles. The molecular weight excluding hydrogens is 312 g/mol. The molecule has 0 saturated heterocycles. The molecule has 118 valence electrons. The van der Waals surface area contributed by atoms with Crippen molar-refractivity contribution < 1.29 is 13.2 Å². The van der Waals surface area contributed by atoms with Crippen molar-refractivity contribution in [3.8, 4) is 0 Å². The Bertz CT molecular complexity index is 878. The summed E-state index contributed by atoms with van der Waals surface area (Å²) in [6.45, 7) is 0.739. The van der Waals surface area contributed by atoms with Crippen LogP contribution < -0.4 is 5.32 Å². The summed E-state index contributed by atoms with van der Waals surface area (Å²) in [6.07, 6.45) is 0.624. The van der Waals surface area contributed by atoms with E-state index in [2.05, 4.69) is 5.32 Å². The van der Waals surface area contributed by atoms with Crippen LogP contribution in [0.5, 0.6) is 0 Å². The smallest absolute Gasteiger partial charge is 0.251 e. The van der Waals surface area contributed by atoms with Gasteiger partial charge in [-0.05, 0) is 35.7 Å². The third-order valence-electron chi connectivity index (χ3n) is 4.53. The Morgan fingerprint density at radius 1 is 1.04 bits per heavy atom. The first-order valence-corrected chi connectivity index (χ1v) is 9.00. The van der Waals surface area contributed by atoms with E-state index in [9.17, 15) is 13.2 Å². The van der Waals surface area contributed by atoms with E-state index >= 15 is 0 Å². The molecule has 1 atom stereocenters. The molecule has 2 aromatic carbocycles. The predicted molar refractivity (Wildman–Crippen MR) is 85.6 cm³/mol. The summed E-state index contributed by atoms with van der Waals surface area (Å²) in [5, 5.41) is 2.81. The Labute approximate surface area is 135 Å². The number of amides is 1. The number of carbonyl (C=O) groups is 1. The maximum atomic E-state index is 13.0. The first-order valence-electron chi connectivity index (χ1n) is 7.56. The Morgan fingerprint density at radius 2 is 1.83 bits per heavy atom. The Hall–Kier alpha value is -2.18. The fourth-order valence-electron chi connectivity index (χ4n) is 3.46. The summed E-state index contributed by atoms with van der Waals surface area (Å²) in [7, 11) is -3.58. The zero-order chi connectivity index (χ0) is 16.0. The molecule has 1 unspecified atom stereocenters. The Morgan fingerprint density at radius 3 is 2.61 bits per heavy atom. The molecule has 2 aliphatic rings. The van der Waals surface area contributed by atoms with Gasteiger partial charge < -0.3 is 5.32 Å². The molecule has 23 heavy (non-hydrogen) atoms. The number of hydrogen-bond acceptors (Lipinski definition) is 3. The zero-order valence-electron chi connectivity index (χ0n) is 12.4. The van der Waals surface area contributed by atoms with E-state index < -0.39 is 10.0 Å². The minimum Gasteiger partial charge on any atom is -0.350 e. The first kappa shape index (κ1) is 14.4. The van der Waals surface area contributed by atoms with Crippen molar-refractivity contribution in [1.82, 2.24) is 9.62 Å². The highest BCUT2D eigenvalue weighted by Gasteiger charge is 2.40. The van der Waals surface area contributed by atoms with Gasteiger partial charge >= 0.3 is 0 Å². The van der Waals surface area contributed by atoms with Crippen molar-refractivity contribution in [2.75, 3.05) is 13.1 Å². The van der Waals surface area contributed by atoms with Crippen molar-refractivity contribution in [3.63, 3.8) is 0 Å². The van der Waals surface area contributed by atoms with Crippen LogP contribution in [0, 0.1) is 0 Å². The molecule has 0 spiro atoms. The van der Waals surface area contributed by atoms with Crippen molar-refractivity contribution in [1.29, 1.82) is 0 Å². The standard InChI is InChI=1S/C17H16N2O3S/c20-17-14-8-4-5-12-9-10-19(15(11-18-17)16(12)14)23(21,22)13-6-2-1-3-7-13/h1-8,15H,9-11H2,(H,18,20). The van der Waals surface area contributed by atoms with Crippen molar-refractivity contribution in [3.05, 3.63) is 65.2 Å². The predicted octanol–water partition coefficient (Wildman–Crippen LogP) is 1.72. The van der Waals surface area contributed by atoms with Gasteiger partial charge in [-0.15, -0.1) is 0 Å². The average molecular weight is 328 g/mol. The SMILES string of the molecule is O=C1NCC2c3c(cccc31)CCN2S(=O)(=O)c1ccccc1. The average Bonchev–Trinajstić information content (AvgIpc) is 2.59. The largest absolute Gasteiger partial charge is 0.350 e. The summed E-state index contributed by atoms with van der Waals surface area (Å²) in [6, 6.07) is 13.7. The van der Waals surface area contributed by atoms with Gasteiger partial charge in [-0.25, -0.2) is 8.42 Å². The molecule has 6 heteroatoms. The first-order chi connectivity index (χ1) is 11.1. The second-order valence-electron chi connectivity index (χ2n) is 5.78. The lowest BCUT2D eigenvalue weighted by Crippen LogP contribution is -2.48. The maximum Gasteiger partial charge on any atom is 0.251 e. The van der Waals surface area contributed by atoms with E-state index in [-0.39, 0.29) is 16.8 Å². The molecule has 4 rings (SSSR count). The quantitative estimate of drug-likeness (QED) is 0.913. The van der Waals surface area contributed by atoms with Crippen LogP contribution in [0.3, 0.4) is 0 Å². The van der Waals surface area contributed by atoms with Crippen molar-refractivity contribution in [2.24, 2.45) is 0 Å². The highest BCUT2D eigenvalue weighted by atomic mass is 32.2. The number of nitrogens with one attached hydrogen (secondary N) is 1. The molecule has 2 aromatic rings. The van der Waals surface area contributed by atoms with E-state index in [1.54, 1.807) is 36.4 Å². The summed E-state index contributed by atoms with van der Waals surface area (Å²) in [5.41, 5.74) is 2.52. The lowest BCUT2D eigenvalue weighted by Gasteiger charge is -2.39. The van der Waals surface area contributed by atoms with E-state index in [0.717, 1.165) is 11.1 Å². The fraction of sp³-hybridized carbons (Fsp3) is 0.235. The topological polar surface area (TPSA) is 66.5 Å². The van der Waals surface area contributed by atoms with Gasteiger partial charge in [-0.1, -0.05) is 30.3 Å². The van der Waals surface area contributed by atoms with Gasteiger partial charge in [-0.2, -0.15) is 4.31 Å². The van der Waals surface area contributed by atoms with Gasteiger partial charge in [0.2, 0.25) is 10.0 Å². The van der Waals surface area contributed by atoms with Crippen LogP contribution in [0.15, 0.2) is 53.4 Å². The highest BCUT2D eigenvalue weighted by Crippen LogP contribution is 2.37. The summed E-state index contributed by atoms with van der Waals surface area (Å²) >= 11 is 0. The number of hydrogen-bond donors (Lipinski definition) is 1. The lowest BCUT2D eigenvalue weighted by molar-refractivity contribution is 0.0923. The van der Waals surface area contributed by atoms with Gasteiger partial charge in [0.1, 0.15) is 0 Å². The number of rotatable bonds is 2. The molecule has 0 bridgehead atoms. The number of nitrogens with zero attached hydrogens (tertiary/aromatic N) is 1. The number of sulfonamides is 1. The van der Waals surface area contributed by atoms with Gasteiger partial charge in [0, 0.05) is 18.7 Å². The maximum absolute atomic E-state index is 13.0. The molecule has 1 N–H and O–H groups in total. The van der Waals surface area contributed by atoms with Gasteiger partial charge in [0.15, 0.2) is 0 Å². The molecular formula is C17H16N2O3S. The van der Waals surface area contributed by atoms with Gasteiger partial charge in [-0.3, -0.25) is 4.79 Å². The third kappa shape index (κ3) is 2.17. The van der Waals surface area contributed by atoms with E-state index in [1.807, 2.05) is 12.1 Å². The van der Waals surface area contributed by atoms with Crippen LogP contribution in [0.4, 0.5) is 0 Å². The molecule has 2 heterocycles. The van der Waals surface area contributed by atoms with Crippen LogP contribution in [-0.4, -0.2) is 31.7 Å². The highest BCUT2D eigenvalue weighted by molar-refractivity contribution is 7.89. The monoisotopic (exact) mass is 328 g/mol. The fourth-order valence-corrected chi connectivity index (χ4v) is 5.08.